The van der Waals surface area contributed by atoms with E-state index in [-0.39, 0.29) is 62.4 Å². The number of aromatic hydroxyl groups is 1. The van der Waals surface area contributed by atoms with E-state index in [1.165, 1.54) is 0 Å². The minimum absolute atomic E-state index is 0.0657. The summed E-state index contributed by atoms with van der Waals surface area (Å²) < 4.78 is 0. The molecule has 2 aliphatic heterocycles. The smallest absolute Gasteiger partial charge is 0.243 e. The van der Waals surface area contributed by atoms with Crippen LogP contribution in [0.4, 0.5) is 0 Å². The molecule has 80 heavy (non-hydrogen) atoms. The summed E-state index contributed by atoms with van der Waals surface area (Å²) in [5.74, 6) is -2.93. The molecule has 432 valence electrons. The Labute approximate surface area is 471 Å². The molecule has 1 amide bonds. The van der Waals surface area contributed by atoms with Gasteiger partial charge in [0.1, 0.15) is 23.7 Å². The largest absolute Gasteiger partial charge is 0.508 e. The first-order valence-electron chi connectivity index (χ1n) is 28.7. The van der Waals surface area contributed by atoms with Gasteiger partial charge in [0.15, 0.2) is 11.7 Å². The predicted molar refractivity (Wildman–Crippen MR) is 311 cm³/mol. The number of nitrogens with two attached hydrogens (primary N) is 3. The Balaban J connectivity index is 1.22. The van der Waals surface area contributed by atoms with Crippen LogP contribution < -0.4 is 33.2 Å². The molecule has 0 aromatic heterocycles. The highest BCUT2D eigenvalue weighted by Gasteiger charge is 2.69. The van der Waals surface area contributed by atoms with Crippen LogP contribution in [0.25, 0.3) is 0 Å². The Morgan fingerprint density at radius 2 is 1.73 bits per heavy atom. The third-order valence-corrected chi connectivity index (χ3v) is 18.6. The van der Waals surface area contributed by atoms with Crippen molar-refractivity contribution < 1.29 is 45.3 Å². The first-order valence-corrected chi connectivity index (χ1v) is 28.7. The fourth-order valence-corrected chi connectivity index (χ4v) is 14.6. The van der Waals surface area contributed by atoms with Crippen molar-refractivity contribution in [1.82, 2.24) is 16.0 Å². The zero-order valence-corrected chi connectivity index (χ0v) is 47.1. The molecule has 0 radical (unpaired) electrons. The number of carbonyl (C=O) groups is 2. The molecule has 16 heteroatoms. The second-order valence-electron chi connectivity index (χ2n) is 23.8. The number of hydrogen-bond donors (Lipinski definition) is 13. The quantitative estimate of drug-likeness (QED) is 0.0331. The molecule has 0 saturated heterocycles. The molecular weight excluding hydrogens is 1010 g/mol. The van der Waals surface area contributed by atoms with Crippen molar-refractivity contribution in [2.24, 2.45) is 51.3 Å². The zero-order chi connectivity index (χ0) is 57.7. The number of benzene rings is 3. The van der Waals surface area contributed by atoms with E-state index < -0.39 is 76.8 Å². The number of nitrogens with zero attached hydrogens (tertiary/aromatic N) is 1. The number of carbonyl (C=O) groups excluding carboxylic acids is 2. The highest BCUT2D eigenvalue weighted by molar-refractivity contribution is 5.98. The number of amides is 1. The summed E-state index contributed by atoms with van der Waals surface area (Å²) in [5.41, 5.74) is 22.2. The van der Waals surface area contributed by atoms with E-state index in [4.69, 9.17) is 17.2 Å². The standard InChI is InChI=1S/C64H87N7O9/c1-6-70-64(80,28-24-37(2)3)38(4)11-7-15-45(36-72)55-44-16-10-26-62(79)27-25-48-39(5)53(75)32-43-14-9-17-49-56(43)57(60(78)71-59(49)65)68-35-54(76)50(51(34-69-61(66)67)42-18-20-46(73)21-19-42)31-41-13-8-12-40(29-41)30-47(74)22-23-52(48)63(62,33-44)58(55)77/h7-9,11-15,17-21,24,29,44,47,50-52,54-55,57-59,68,70,72-74,76-77,79-80H,4,6,10,16,22-23,25-28,30-36,65H2,1-3,5H3,(H,71,78)(H4,66,67,69). The predicted octanol–water partition coefficient (Wildman–Crippen LogP) is 5.51. The molecule has 4 bridgehead atoms. The number of nitrogens with one attached hydrogen (secondary N) is 3. The first-order chi connectivity index (χ1) is 38.1. The number of guanidine groups is 1. The lowest BCUT2D eigenvalue weighted by Gasteiger charge is -2.57. The molecule has 2 heterocycles. The van der Waals surface area contributed by atoms with Crippen LogP contribution in [0, 0.1) is 29.1 Å². The highest BCUT2D eigenvalue weighted by Crippen LogP contribution is 2.68. The summed E-state index contributed by atoms with van der Waals surface area (Å²) in [6.07, 6.45) is 7.71. The van der Waals surface area contributed by atoms with Gasteiger partial charge in [-0.2, -0.15) is 0 Å². The van der Waals surface area contributed by atoms with E-state index in [0.29, 0.717) is 97.7 Å². The van der Waals surface area contributed by atoms with Gasteiger partial charge >= 0.3 is 0 Å². The third-order valence-electron chi connectivity index (χ3n) is 18.6. The van der Waals surface area contributed by atoms with Crippen molar-refractivity contribution in [3.05, 3.63) is 159 Å². The lowest BCUT2D eigenvalue weighted by atomic mass is 9.51. The van der Waals surface area contributed by atoms with Gasteiger partial charge in [-0.3, -0.25) is 25.2 Å². The Kier molecular flexibility index (Phi) is 19.3. The summed E-state index contributed by atoms with van der Waals surface area (Å²) >= 11 is 0. The topological polar surface area (TPSA) is 302 Å². The number of β-amino-alcohol motifs (C(OH)–C–C–N with tert-alkyl or cyclic N) is 1. The number of phenolic OH excluding ortho intramolecular Hbond substituents is 1. The Morgan fingerprint density at radius 1 is 1.00 bits per heavy atom. The molecular formula is C64H87N7O9. The lowest BCUT2D eigenvalue weighted by Crippen LogP contribution is -2.61. The van der Waals surface area contributed by atoms with Gasteiger partial charge in [-0.1, -0.05) is 110 Å². The van der Waals surface area contributed by atoms with E-state index in [0.717, 1.165) is 27.8 Å². The van der Waals surface area contributed by atoms with Crippen molar-refractivity contribution in [3.63, 3.8) is 0 Å². The number of hydrogen-bond acceptors (Lipinski definition) is 13. The Hall–Kier alpha value is -5.79. The maximum atomic E-state index is 15.2. The van der Waals surface area contributed by atoms with Crippen molar-refractivity contribution >= 4 is 17.6 Å². The number of aliphatic hydroxyl groups is 6. The molecule has 3 aromatic rings. The van der Waals surface area contributed by atoms with Crippen LogP contribution in [0.15, 0.2) is 130 Å². The molecule has 5 aliphatic rings. The van der Waals surface area contributed by atoms with Crippen molar-refractivity contribution in [2.45, 2.75) is 153 Å². The summed E-state index contributed by atoms with van der Waals surface area (Å²) in [6, 6.07) is 19.0. The van der Waals surface area contributed by atoms with Crippen molar-refractivity contribution in [1.29, 1.82) is 0 Å². The molecule has 16 nitrogen and oxygen atoms in total. The van der Waals surface area contributed by atoms with Crippen LogP contribution in [-0.4, -0.2) is 109 Å². The minimum Gasteiger partial charge on any atom is -0.508 e. The fourth-order valence-electron chi connectivity index (χ4n) is 14.6. The lowest BCUT2D eigenvalue weighted by molar-refractivity contribution is -0.181. The van der Waals surface area contributed by atoms with Crippen LogP contribution in [0.5, 0.6) is 5.75 Å². The van der Waals surface area contributed by atoms with Crippen LogP contribution in [-0.2, 0) is 28.9 Å². The van der Waals surface area contributed by atoms with E-state index in [1.54, 1.807) is 42.5 Å². The van der Waals surface area contributed by atoms with Crippen LogP contribution in [0.1, 0.15) is 137 Å². The maximum Gasteiger partial charge on any atom is 0.243 e. The number of phenols is 1. The zero-order valence-electron chi connectivity index (χ0n) is 47.1. The van der Waals surface area contributed by atoms with Gasteiger partial charge in [0.2, 0.25) is 5.91 Å². The van der Waals surface area contributed by atoms with Gasteiger partial charge in [-0.05, 0) is 165 Å². The van der Waals surface area contributed by atoms with Crippen molar-refractivity contribution in [3.8, 4) is 5.75 Å². The molecule has 13 atom stereocenters. The SMILES string of the molecule is C=C(C=CC=C(CO)C1C2CCCC3(O)CCC4=C(C)C(=O)Cc5cccc6c5C(NCC(O)C(C(CN=C(N)N)c5ccc(O)cc5)Cc5cccc(c5)CC(O)CCC4C3(C2)C1O)C(=O)NC6N)C(O)(CC=C(C)C)NCC. The Bertz CT molecular complexity index is 2890. The number of likely N-dealkylation sites (N-methyl/N-ethyl adjacent to an activating group) is 1. The van der Waals surface area contributed by atoms with Crippen molar-refractivity contribution in [2.75, 3.05) is 26.2 Å². The van der Waals surface area contributed by atoms with Gasteiger partial charge < -0.3 is 58.3 Å². The Morgan fingerprint density at radius 3 is 2.42 bits per heavy atom. The number of fused-ring (bicyclic) bond motifs is 4. The number of Topliss-reactive ketones (excluding diaryl/α,β-unsaturated/α-hetero) is 1. The third kappa shape index (κ3) is 12.6. The summed E-state index contributed by atoms with van der Waals surface area (Å²) in [4.78, 5) is 33.8. The minimum atomic E-state index is -1.40. The number of aliphatic imine (C=N–C) groups is 1. The monoisotopic (exact) mass is 1100 g/mol. The van der Waals surface area contributed by atoms with Gasteiger partial charge in [0, 0.05) is 43.2 Å². The average molecular weight is 1100 g/mol. The maximum absolute atomic E-state index is 15.2. The number of allylic oxidation sites excluding steroid dienone is 5. The number of ketones is 1. The molecule has 16 N–H and O–H groups in total. The van der Waals surface area contributed by atoms with E-state index >= 15 is 4.79 Å². The molecule has 3 aliphatic carbocycles. The van der Waals surface area contributed by atoms with Gasteiger partial charge in [0.25, 0.3) is 0 Å². The molecule has 13 unspecified atom stereocenters. The first kappa shape index (κ1) is 60.3. The molecule has 3 aromatic carbocycles. The average Bonchev–Trinajstić information content (AvgIpc) is 3.83. The van der Waals surface area contributed by atoms with E-state index in [1.807, 2.05) is 76.2 Å². The normalized spacial score (nSPS) is 30.6. The van der Waals surface area contributed by atoms with Crippen LogP contribution in [0.2, 0.25) is 0 Å². The molecule has 8 rings (SSSR count). The number of rotatable bonds is 13. The second-order valence-corrected chi connectivity index (χ2v) is 23.8. The highest BCUT2D eigenvalue weighted by atomic mass is 16.3. The van der Waals surface area contributed by atoms with Gasteiger partial charge in [-0.15, -0.1) is 0 Å². The van der Waals surface area contributed by atoms with E-state index in [2.05, 4.69) is 27.5 Å². The summed E-state index contributed by atoms with van der Waals surface area (Å²) in [7, 11) is 0. The summed E-state index contributed by atoms with van der Waals surface area (Å²) in [5, 5.41) is 93.7. The second kappa shape index (κ2) is 25.6. The van der Waals surface area contributed by atoms with Crippen LogP contribution >= 0.6 is 0 Å². The molecule has 3 saturated carbocycles. The van der Waals surface area contributed by atoms with Crippen LogP contribution in [0.3, 0.4) is 0 Å². The van der Waals surface area contributed by atoms with Gasteiger partial charge in [-0.25, -0.2) is 0 Å². The summed E-state index contributed by atoms with van der Waals surface area (Å²) in [6.45, 7) is 12.1. The molecule has 3 fully saturated rings. The van der Waals surface area contributed by atoms with Gasteiger partial charge in [0.05, 0.1) is 30.5 Å². The van der Waals surface area contributed by atoms with E-state index in [9.17, 15) is 40.5 Å². The number of aliphatic hydroxyl groups excluding tert-OH is 4. The molecule has 1 spiro atoms. The fraction of sp³-hybridized carbons (Fsp3) is 0.516.